The smallest absolute Gasteiger partial charge is 0.255 e. The Morgan fingerprint density at radius 3 is 2.49 bits per heavy atom. The molecule has 0 aliphatic carbocycles. The molecule has 0 saturated heterocycles. The molecule has 0 bridgehead atoms. The van der Waals surface area contributed by atoms with E-state index in [4.69, 9.17) is 4.74 Å². The minimum Gasteiger partial charge on any atom is -0.489 e. The monoisotopic (exact) mass is 465 g/mol. The number of amides is 1. The highest BCUT2D eigenvalue weighted by Crippen LogP contribution is 2.36. The number of carbonyl (C=O) groups is 1. The van der Waals surface area contributed by atoms with Gasteiger partial charge in [0.1, 0.15) is 24.7 Å². The average molecular weight is 466 g/mol. The fraction of sp³-hybridized carbons (Fsp3) is 0.179. The van der Waals surface area contributed by atoms with E-state index < -0.39 is 6.04 Å². The SMILES string of the molecule is CC1=C(C(=O)Nc2ccccc2C)[C@@H](c2ccc(OCc3ccc(C)cc3)cc2)n2ncnc2N1. The fourth-order valence-electron chi connectivity index (χ4n) is 4.19. The zero-order valence-electron chi connectivity index (χ0n) is 19.9. The van der Waals surface area contributed by atoms with Crippen molar-refractivity contribution < 1.29 is 9.53 Å². The molecule has 1 atom stereocenters. The molecule has 5 rings (SSSR count). The van der Waals surface area contributed by atoms with Crippen molar-refractivity contribution in [2.75, 3.05) is 10.6 Å². The number of anilines is 2. The Morgan fingerprint density at radius 2 is 1.74 bits per heavy atom. The Kier molecular flexibility index (Phi) is 6.06. The zero-order chi connectivity index (χ0) is 24.4. The molecule has 4 aromatic rings. The number of hydrogen-bond donors (Lipinski definition) is 2. The summed E-state index contributed by atoms with van der Waals surface area (Å²) in [5, 5.41) is 10.7. The molecule has 176 valence electrons. The number of fused-ring (bicyclic) bond motifs is 1. The lowest BCUT2D eigenvalue weighted by atomic mass is 9.95. The third-order valence-corrected chi connectivity index (χ3v) is 6.15. The largest absolute Gasteiger partial charge is 0.489 e. The van der Waals surface area contributed by atoms with Crippen molar-refractivity contribution in [1.82, 2.24) is 14.8 Å². The second-order valence-electron chi connectivity index (χ2n) is 8.71. The van der Waals surface area contributed by atoms with Crippen LogP contribution in [-0.4, -0.2) is 20.7 Å². The van der Waals surface area contributed by atoms with Gasteiger partial charge in [0.05, 0.1) is 5.57 Å². The highest BCUT2D eigenvalue weighted by molar-refractivity contribution is 6.06. The summed E-state index contributed by atoms with van der Waals surface area (Å²) in [6, 6.07) is 23.4. The number of aromatic nitrogens is 3. The number of ether oxygens (including phenoxy) is 1. The minimum atomic E-state index is -0.427. The van der Waals surface area contributed by atoms with E-state index in [2.05, 4.69) is 51.9 Å². The molecule has 2 heterocycles. The van der Waals surface area contributed by atoms with Gasteiger partial charge in [-0.05, 0) is 55.7 Å². The van der Waals surface area contributed by atoms with E-state index in [0.717, 1.165) is 33.8 Å². The van der Waals surface area contributed by atoms with Gasteiger partial charge in [0.2, 0.25) is 5.95 Å². The molecule has 35 heavy (non-hydrogen) atoms. The van der Waals surface area contributed by atoms with Crippen LogP contribution in [0.1, 0.15) is 35.2 Å². The number of rotatable bonds is 6. The zero-order valence-corrected chi connectivity index (χ0v) is 19.9. The summed E-state index contributed by atoms with van der Waals surface area (Å²) in [6.07, 6.45) is 1.49. The molecule has 7 heteroatoms. The van der Waals surface area contributed by atoms with Crippen LogP contribution < -0.4 is 15.4 Å². The normalized spacial score (nSPS) is 14.8. The first kappa shape index (κ1) is 22.4. The highest BCUT2D eigenvalue weighted by Gasteiger charge is 2.33. The number of aryl methyl sites for hydroxylation is 2. The van der Waals surface area contributed by atoms with Gasteiger partial charge in [0, 0.05) is 11.4 Å². The second-order valence-corrected chi connectivity index (χ2v) is 8.71. The van der Waals surface area contributed by atoms with Crippen LogP contribution in [0.5, 0.6) is 5.75 Å². The molecular formula is C28H27N5O2. The van der Waals surface area contributed by atoms with Gasteiger partial charge < -0.3 is 15.4 Å². The van der Waals surface area contributed by atoms with E-state index in [9.17, 15) is 4.79 Å². The molecule has 3 aromatic carbocycles. The number of hydrogen-bond acceptors (Lipinski definition) is 5. The predicted molar refractivity (Wildman–Crippen MR) is 136 cm³/mol. The maximum atomic E-state index is 13.5. The molecule has 1 aromatic heterocycles. The van der Waals surface area contributed by atoms with Crippen molar-refractivity contribution >= 4 is 17.5 Å². The van der Waals surface area contributed by atoms with Gasteiger partial charge in [0.15, 0.2) is 0 Å². The molecular weight excluding hydrogens is 438 g/mol. The first-order chi connectivity index (χ1) is 17.0. The van der Waals surface area contributed by atoms with E-state index in [1.165, 1.54) is 11.9 Å². The standard InChI is InChI=1S/C28H27N5O2/c1-18-8-10-21(11-9-18)16-35-23-14-12-22(13-15-23)26-25(20(3)31-28-29-17-30-33(26)28)27(34)32-24-7-5-4-6-19(24)2/h4-15,17,26H,16H2,1-3H3,(H,32,34)(H,29,30,31)/t26-/m1/s1. The van der Waals surface area contributed by atoms with Gasteiger partial charge in [-0.2, -0.15) is 10.1 Å². The summed E-state index contributed by atoms with van der Waals surface area (Å²) in [6.45, 7) is 6.41. The van der Waals surface area contributed by atoms with Crippen LogP contribution in [-0.2, 0) is 11.4 Å². The maximum Gasteiger partial charge on any atom is 0.255 e. The number of benzene rings is 3. The van der Waals surface area contributed by atoms with Crippen LogP contribution >= 0.6 is 0 Å². The third kappa shape index (κ3) is 4.66. The Labute approximate surface area is 204 Å². The number of allylic oxidation sites excluding steroid dienone is 1. The van der Waals surface area contributed by atoms with Crippen molar-refractivity contribution in [2.45, 2.75) is 33.4 Å². The van der Waals surface area contributed by atoms with Crippen LogP contribution in [0, 0.1) is 13.8 Å². The fourth-order valence-corrected chi connectivity index (χ4v) is 4.19. The van der Waals surface area contributed by atoms with Crippen LogP contribution in [0.3, 0.4) is 0 Å². The van der Waals surface area contributed by atoms with Gasteiger partial charge in [-0.1, -0.05) is 60.2 Å². The first-order valence-electron chi connectivity index (χ1n) is 11.5. The van der Waals surface area contributed by atoms with Gasteiger partial charge in [-0.25, -0.2) is 4.68 Å². The van der Waals surface area contributed by atoms with E-state index in [1.807, 2.05) is 62.4 Å². The van der Waals surface area contributed by atoms with Gasteiger partial charge >= 0.3 is 0 Å². The summed E-state index contributed by atoms with van der Waals surface area (Å²) in [4.78, 5) is 17.8. The van der Waals surface area contributed by atoms with Crippen LogP contribution in [0.4, 0.5) is 11.6 Å². The summed E-state index contributed by atoms with van der Waals surface area (Å²) >= 11 is 0. The van der Waals surface area contributed by atoms with Crippen LogP contribution in [0.2, 0.25) is 0 Å². The van der Waals surface area contributed by atoms with Crippen molar-refractivity contribution in [3.63, 3.8) is 0 Å². The molecule has 2 N–H and O–H groups in total. The number of nitrogens with one attached hydrogen (secondary N) is 2. The lowest BCUT2D eigenvalue weighted by molar-refractivity contribution is -0.113. The summed E-state index contributed by atoms with van der Waals surface area (Å²) in [5.41, 5.74) is 6.34. The first-order valence-corrected chi connectivity index (χ1v) is 11.5. The van der Waals surface area contributed by atoms with Crippen molar-refractivity contribution in [3.8, 4) is 5.75 Å². The Bertz CT molecular complexity index is 1390. The van der Waals surface area contributed by atoms with Crippen molar-refractivity contribution in [2.24, 2.45) is 0 Å². The minimum absolute atomic E-state index is 0.185. The molecule has 0 radical (unpaired) electrons. The molecule has 0 saturated carbocycles. The molecule has 1 aliphatic rings. The lowest BCUT2D eigenvalue weighted by Crippen LogP contribution is -2.31. The summed E-state index contributed by atoms with van der Waals surface area (Å²) in [5.74, 6) is 1.17. The summed E-state index contributed by atoms with van der Waals surface area (Å²) < 4.78 is 7.72. The molecule has 1 amide bonds. The number of para-hydroxylation sites is 1. The molecule has 1 aliphatic heterocycles. The molecule has 7 nitrogen and oxygen atoms in total. The quantitative estimate of drug-likeness (QED) is 0.398. The van der Waals surface area contributed by atoms with Gasteiger partial charge in [-0.3, -0.25) is 4.79 Å². The van der Waals surface area contributed by atoms with Crippen LogP contribution in [0.25, 0.3) is 0 Å². The second kappa shape index (κ2) is 9.46. The molecule has 0 spiro atoms. The van der Waals surface area contributed by atoms with Crippen molar-refractivity contribution in [1.29, 1.82) is 0 Å². The third-order valence-electron chi connectivity index (χ3n) is 6.15. The van der Waals surface area contributed by atoms with Crippen molar-refractivity contribution in [3.05, 3.63) is 113 Å². The summed E-state index contributed by atoms with van der Waals surface area (Å²) in [7, 11) is 0. The number of carbonyl (C=O) groups excluding carboxylic acids is 1. The molecule has 0 fully saturated rings. The van der Waals surface area contributed by atoms with Crippen LogP contribution in [0.15, 0.2) is 90.4 Å². The Morgan fingerprint density at radius 1 is 1.00 bits per heavy atom. The Hall–Kier alpha value is -4.39. The Balaban J connectivity index is 1.41. The van der Waals surface area contributed by atoms with E-state index in [-0.39, 0.29) is 5.91 Å². The highest BCUT2D eigenvalue weighted by atomic mass is 16.5. The number of nitrogens with zero attached hydrogens (tertiary/aromatic N) is 3. The lowest BCUT2D eigenvalue weighted by Gasteiger charge is -2.29. The van der Waals surface area contributed by atoms with E-state index in [0.29, 0.717) is 18.1 Å². The van der Waals surface area contributed by atoms with E-state index >= 15 is 0 Å². The van der Waals surface area contributed by atoms with E-state index in [1.54, 1.807) is 4.68 Å². The van der Waals surface area contributed by atoms with Gasteiger partial charge in [0.25, 0.3) is 5.91 Å². The molecule has 0 unspecified atom stereocenters. The van der Waals surface area contributed by atoms with Gasteiger partial charge in [-0.15, -0.1) is 0 Å². The topological polar surface area (TPSA) is 81.1 Å². The average Bonchev–Trinajstić information content (AvgIpc) is 3.32. The maximum absolute atomic E-state index is 13.5. The predicted octanol–water partition coefficient (Wildman–Crippen LogP) is 5.40.